The third-order valence-corrected chi connectivity index (χ3v) is 5.30. The second kappa shape index (κ2) is 10.1. The largest absolute Gasteiger partial charge is 0.399 e. The van der Waals surface area contributed by atoms with Gasteiger partial charge in [-0.25, -0.2) is 10.6 Å². The number of nitrogens with two attached hydrogens (primary N) is 2. The standard InChI is InChI=1S/C22H31N5O5/c1-13(2)8-17-18(28)19(29)20(32-17)16-12-26(22(31)25-21(16)30)10-15(23)11-27(24)9-14-6-4-3-5-7-14/h3-7,11-13,17-20,28-29H,8-10,23-24H2,1-2H3,(H,25,30,31)/b15-11-. The Hall–Kier alpha value is -2.92. The van der Waals surface area contributed by atoms with Crippen molar-refractivity contribution in [3.05, 3.63) is 80.4 Å². The van der Waals surface area contributed by atoms with Crippen LogP contribution in [0.1, 0.15) is 37.5 Å². The molecule has 0 spiro atoms. The molecular weight excluding hydrogens is 414 g/mol. The fourth-order valence-electron chi connectivity index (χ4n) is 3.80. The number of nitrogens with one attached hydrogen (secondary N) is 1. The minimum absolute atomic E-state index is 0.0358. The zero-order valence-electron chi connectivity index (χ0n) is 18.2. The second-order valence-corrected chi connectivity index (χ2v) is 8.54. The molecule has 0 radical (unpaired) electrons. The summed E-state index contributed by atoms with van der Waals surface area (Å²) in [6.07, 6.45) is -0.746. The molecule has 10 heteroatoms. The summed E-state index contributed by atoms with van der Waals surface area (Å²) >= 11 is 0. The molecular formula is C22H31N5O5. The number of hydrazine groups is 1. The topological polar surface area (TPSA) is 160 Å². The van der Waals surface area contributed by atoms with Crippen molar-refractivity contribution in [3.63, 3.8) is 0 Å². The number of hydrogen-bond acceptors (Lipinski definition) is 8. The lowest BCUT2D eigenvalue weighted by Crippen LogP contribution is -2.36. The summed E-state index contributed by atoms with van der Waals surface area (Å²) in [4.78, 5) is 26.9. The van der Waals surface area contributed by atoms with Crippen molar-refractivity contribution in [2.45, 2.75) is 57.8 Å². The number of rotatable bonds is 8. The Labute approximate surface area is 185 Å². The van der Waals surface area contributed by atoms with Gasteiger partial charge in [0, 0.05) is 18.1 Å². The van der Waals surface area contributed by atoms with Crippen LogP contribution < -0.4 is 22.8 Å². The summed E-state index contributed by atoms with van der Waals surface area (Å²) in [5, 5.41) is 22.2. The molecule has 174 valence electrons. The molecule has 0 amide bonds. The predicted molar refractivity (Wildman–Crippen MR) is 119 cm³/mol. The molecule has 0 saturated carbocycles. The van der Waals surface area contributed by atoms with Gasteiger partial charge < -0.3 is 25.7 Å². The Balaban J connectivity index is 1.78. The fraction of sp³-hybridized carbons (Fsp3) is 0.455. The number of aliphatic hydroxyl groups excluding tert-OH is 2. The van der Waals surface area contributed by atoms with Crippen LogP contribution in [0.25, 0.3) is 0 Å². The van der Waals surface area contributed by atoms with Crippen LogP contribution >= 0.6 is 0 Å². The van der Waals surface area contributed by atoms with Crippen LogP contribution in [0.15, 0.2) is 58.0 Å². The summed E-state index contributed by atoms with van der Waals surface area (Å²) in [6, 6.07) is 9.57. The van der Waals surface area contributed by atoms with Crippen molar-refractivity contribution in [1.29, 1.82) is 0 Å². The normalized spacial score (nSPS) is 23.6. The molecule has 2 heterocycles. The van der Waals surface area contributed by atoms with Crippen molar-refractivity contribution < 1.29 is 14.9 Å². The number of allylic oxidation sites excluding steroid dienone is 1. The van der Waals surface area contributed by atoms with Crippen LogP contribution in [0.2, 0.25) is 0 Å². The summed E-state index contributed by atoms with van der Waals surface area (Å²) in [5.41, 5.74) is 6.05. The number of hydrogen-bond donors (Lipinski definition) is 5. The number of benzene rings is 1. The van der Waals surface area contributed by atoms with Gasteiger partial charge in [0.25, 0.3) is 5.56 Å². The third kappa shape index (κ3) is 5.65. The first-order valence-corrected chi connectivity index (χ1v) is 10.5. The quantitative estimate of drug-likeness (QED) is 0.279. The van der Waals surface area contributed by atoms with Gasteiger partial charge in [-0.3, -0.25) is 14.3 Å². The SMILES string of the molecule is CC(C)CC1OC(c2cn(C/C(N)=C/N(N)Cc3ccccc3)c(=O)[nH]c2=O)C(O)C1O. The molecule has 10 nitrogen and oxygen atoms in total. The van der Waals surface area contributed by atoms with E-state index in [1.807, 2.05) is 44.2 Å². The lowest BCUT2D eigenvalue weighted by molar-refractivity contribution is -0.00395. The highest BCUT2D eigenvalue weighted by Gasteiger charge is 2.44. The average Bonchev–Trinajstić information content (AvgIpc) is 2.98. The van der Waals surface area contributed by atoms with Gasteiger partial charge in [-0.15, -0.1) is 0 Å². The second-order valence-electron chi connectivity index (χ2n) is 8.54. The van der Waals surface area contributed by atoms with Crippen LogP contribution in [-0.4, -0.2) is 43.1 Å². The first-order valence-electron chi connectivity index (χ1n) is 10.5. The van der Waals surface area contributed by atoms with Gasteiger partial charge in [0.05, 0.1) is 24.8 Å². The molecule has 4 atom stereocenters. The van der Waals surface area contributed by atoms with E-state index in [9.17, 15) is 19.8 Å². The van der Waals surface area contributed by atoms with Gasteiger partial charge in [0.2, 0.25) is 0 Å². The van der Waals surface area contributed by atoms with Gasteiger partial charge in [-0.05, 0) is 17.9 Å². The van der Waals surface area contributed by atoms with Crippen molar-refractivity contribution in [3.8, 4) is 0 Å². The van der Waals surface area contributed by atoms with Crippen molar-refractivity contribution >= 4 is 0 Å². The van der Waals surface area contributed by atoms with Crippen LogP contribution in [0.3, 0.4) is 0 Å². The number of aliphatic hydroxyl groups is 2. The Morgan fingerprint density at radius 2 is 1.94 bits per heavy atom. The monoisotopic (exact) mass is 445 g/mol. The van der Waals surface area contributed by atoms with Crippen molar-refractivity contribution in [2.24, 2.45) is 17.5 Å². The van der Waals surface area contributed by atoms with E-state index in [1.165, 1.54) is 22.0 Å². The molecule has 0 bridgehead atoms. The lowest BCUT2D eigenvalue weighted by Gasteiger charge is -2.17. The van der Waals surface area contributed by atoms with Gasteiger partial charge in [0.15, 0.2) is 0 Å². The summed E-state index contributed by atoms with van der Waals surface area (Å²) in [6.45, 7) is 4.32. The molecule has 1 aromatic heterocycles. The zero-order valence-corrected chi connectivity index (χ0v) is 18.2. The first-order chi connectivity index (χ1) is 15.2. The minimum Gasteiger partial charge on any atom is -0.399 e. The molecule has 4 unspecified atom stereocenters. The van der Waals surface area contributed by atoms with E-state index in [0.29, 0.717) is 13.0 Å². The van der Waals surface area contributed by atoms with Crippen LogP contribution in [0, 0.1) is 5.92 Å². The van der Waals surface area contributed by atoms with E-state index in [0.717, 1.165) is 5.56 Å². The van der Waals surface area contributed by atoms with Crippen LogP contribution in [0.5, 0.6) is 0 Å². The number of nitrogens with zero attached hydrogens (tertiary/aromatic N) is 2. The molecule has 0 aliphatic carbocycles. The molecule has 1 fully saturated rings. The number of H-pyrrole nitrogens is 1. The first kappa shape index (κ1) is 23.7. The molecule has 1 aliphatic heterocycles. The highest BCUT2D eigenvalue weighted by molar-refractivity contribution is 5.16. The van der Waals surface area contributed by atoms with E-state index >= 15 is 0 Å². The number of aromatic nitrogens is 2. The zero-order chi connectivity index (χ0) is 23.4. The molecule has 1 aromatic carbocycles. The molecule has 1 saturated heterocycles. The van der Waals surface area contributed by atoms with E-state index in [4.69, 9.17) is 16.3 Å². The lowest BCUT2D eigenvalue weighted by atomic mass is 9.98. The maximum Gasteiger partial charge on any atom is 0.328 e. The molecule has 3 rings (SSSR count). The van der Waals surface area contributed by atoms with Crippen molar-refractivity contribution in [2.75, 3.05) is 0 Å². The fourth-order valence-corrected chi connectivity index (χ4v) is 3.80. The van der Waals surface area contributed by atoms with E-state index in [-0.39, 0.29) is 23.7 Å². The highest BCUT2D eigenvalue weighted by Crippen LogP contribution is 2.34. The third-order valence-electron chi connectivity index (χ3n) is 5.30. The van der Waals surface area contributed by atoms with Crippen molar-refractivity contribution in [1.82, 2.24) is 14.6 Å². The molecule has 7 N–H and O–H groups in total. The maximum atomic E-state index is 12.4. The minimum atomic E-state index is -1.29. The Bertz CT molecular complexity index is 1050. The Morgan fingerprint density at radius 3 is 2.59 bits per heavy atom. The van der Waals surface area contributed by atoms with Gasteiger partial charge in [0.1, 0.15) is 18.3 Å². The van der Waals surface area contributed by atoms with E-state index in [1.54, 1.807) is 0 Å². The Kier molecular flexibility index (Phi) is 7.52. The summed E-state index contributed by atoms with van der Waals surface area (Å²) in [5.74, 6) is 6.22. The number of aromatic amines is 1. The smallest absolute Gasteiger partial charge is 0.328 e. The average molecular weight is 446 g/mol. The van der Waals surface area contributed by atoms with Gasteiger partial charge in [-0.2, -0.15) is 0 Å². The van der Waals surface area contributed by atoms with Crippen LogP contribution in [-0.2, 0) is 17.8 Å². The highest BCUT2D eigenvalue weighted by atomic mass is 16.5. The summed E-state index contributed by atoms with van der Waals surface area (Å²) in [7, 11) is 0. The van der Waals surface area contributed by atoms with Gasteiger partial charge >= 0.3 is 5.69 Å². The van der Waals surface area contributed by atoms with Crippen LogP contribution in [0.4, 0.5) is 0 Å². The number of ether oxygens (including phenoxy) is 1. The molecule has 2 aromatic rings. The predicted octanol–water partition coefficient (Wildman–Crippen LogP) is -0.0796. The summed E-state index contributed by atoms with van der Waals surface area (Å²) < 4.78 is 6.99. The Morgan fingerprint density at radius 1 is 1.25 bits per heavy atom. The molecule has 1 aliphatic rings. The van der Waals surface area contributed by atoms with E-state index in [2.05, 4.69) is 4.98 Å². The molecule has 32 heavy (non-hydrogen) atoms. The maximum absolute atomic E-state index is 12.4. The van der Waals surface area contributed by atoms with Gasteiger partial charge in [-0.1, -0.05) is 44.2 Å². The van der Waals surface area contributed by atoms with E-state index < -0.39 is 35.7 Å².